The first-order valence-electron chi connectivity index (χ1n) is 9.32. The summed E-state index contributed by atoms with van der Waals surface area (Å²) in [7, 11) is 0. The molecule has 0 aromatic heterocycles. The van der Waals surface area contributed by atoms with Crippen LogP contribution in [0.4, 0.5) is 0 Å². The summed E-state index contributed by atoms with van der Waals surface area (Å²) in [6, 6.07) is 10.3. The third-order valence-electron chi connectivity index (χ3n) is 5.14. The minimum Gasteiger partial charge on any atom is -0.341 e. The van der Waals surface area contributed by atoms with Crippen molar-refractivity contribution in [1.82, 2.24) is 9.80 Å². The van der Waals surface area contributed by atoms with Gasteiger partial charge in [-0.3, -0.25) is 9.69 Å². The van der Waals surface area contributed by atoms with Crippen molar-refractivity contribution in [3.05, 3.63) is 35.9 Å². The summed E-state index contributed by atoms with van der Waals surface area (Å²) in [6.45, 7) is 11.1. The highest BCUT2D eigenvalue weighted by Gasteiger charge is 2.28. The van der Waals surface area contributed by atoms with Gasteiger partial charge in [0.15, 0.2) is 0 Å². The number of amides is 1. The van der Waals surface area contributed by atoms with E-state index in [-0.39, 0.29) is 17.9 Å². The molecule has 1 amide bonds. The van der Waals surface area contributed by atoms with Crippen LogP contribution in [-0.2, 0) is 11.3 Å². The fraction of sp³-hybridized carbons (Fsp3) is 0.650. The van der Waals surface area contributed by atoms with E-state index in [0.717, 1.165) is 45.6 Å². The van der Waals surface area contributed by atoms with E-state index in [2.05, 4.69) is 42.2 Å². The van der Waals surface area contributed by atoms with Gasteiger partial charge in [0.1, 0.15) is 0 Å². The molecule has 2 N–H and O–H groups in total. The molecular formula is C20H33N3O. The number of benzene rings is 1. The van der Waals surface area contributed by atoms with Gasteiger partial charge in [0.25, 0.3) is 0 Å². The molecule has 1 aromatic rings. The second-order valence-electron chi connectivity index (χ2n) is 7.35. The fourth-order valence-electron chi connectivity index (χ4n) is 3.34. The molecule has 4 nitrogen and oxygen atoms in total. The Kier molecular flexibility index (Phi) is 7.25. The molecular weight excluding hydrogens is 298 g/mol. The second-order valence-corrected chi connectivity index (χ2v) is 7.35. The molecule has 4 heteroatoms. The predicted octanol–water partition coefficient (Wildman–Crippen LogP) is 2.73. The van der Waals surface area contributed by atoms with Crippen molar-refractivity contribution >= 4 is 5.91 Å². The molecule has 0 spiro atoms. The number of piperidine rings is 1. The van der Waals surface area contributed by atoms with E-state index in [4.69, 9.17) is 5.73 Å². The maximum atomic E-state index is 12.4. The molecule has 1 aliphatic heterocycles. The summed E-state index contributed by atoms with van der Waals surface area (Å²) in [5.74, 6) is 1.00. The van der Waals surface area contributed by atoms with Gasteiger partial charge in [-0.15, -0.1) is 0 Å². The van der Waals surface area contributed by atoms with Crippen LogP contribution in [0, 0.1) is 11.8 Å². The quantitative estimate of drug-likeness (QED) is 0.836. The summed E-state index contributed by atoms with van der Waals surface area (Å²) in [5.41, 5.74) is 7.38. The molecule has 1 heterocycles. The van der Waals surface area contributed by atoms with Gasteiger partial charge in [0.2, 0.25) is 5.91 Å². The molecule has 0 bridgehead atoms. The van der Waals surface area contributed by atoms with Gasteiger partial charge < -0.3 is 10.6 Å². The van der Waals surface area contributed by atoms with Gasteiger partial charge in [-0.25, -0.2) is 0 Å². The Morgan fingerprint density at radius 2 is 1.88 bits per heavy atom. The van der Waals surface area contributed by atoms with Crippen molar-refractivity contribution in [2.24, 2.45) is 17.6 Å². The number of hydrogen-bond donors (Lipinski definition) is 1. The van der Waals surface area contributed by atoms with Gasteiger partial charge in [0.05, 0.1) is 6.04 Å². The van der Waals surface area contributed by atoms with Crippen molar-refractivity contribution in [3.8, 4) is 0 Å². The number of rotatable bonds is 7. The lowest BCUT2D eigenvalue weighted by Gasteiger charge is -2.36. The van der Waals surface area contributed by atoms with Crippen LogP contribution in [0.25, 0.3) is 0 Å². The standard InChI is InChI=1S/C20H33N3O/c1-4-22(14-17-8-6-5-7-9-17)15-18-10-12-23(13-11-18)20(24)19(21)16(2)3/h5-9,16,18-19H,4,10-15,21H2,1-3H3. The van der Waals surface area contributed by atoms with Crippen molar-refractivity contribution in [2.45, 2.75) is 46.2 Å². The Bertz CT molecular complexity index is 495. The highest BCUT2D eigenvalue weighted by molar-refractivity contribution is 5.82. The second kappa shape index (κ2) is 9.19. The lowest BCUT2D eigenvalue weighted by molar-refractivity contribution is -0.135. The molecule has 24 heavy (non-hydrogen) atoms. The Morgan fingerprint density at radius 3 is 2.42 bits per heavy atom. The van der Waals surface area contributed by atoms with Crippen LogP contribution in [0.15, 0.2) is 30.3 Å². The number of carbonyl (C=O) groups excluding carboxylic acids is 1. The molecule has 1 aromatic carbocycles. The smallest absolute Gasteiger partial charge is 0.239 e. The molecule has 134 valence electrons. The monoisotopic (exact) mass is 331 g/mol. The average molecular weight is 332 g/mol. The van der Waals surface area contributed by atoms with Crippen molar-refractivity contribution in [1.29, 1.82) is 0 Å². The lowest BCUT2D eigenvalue weighted by atomic mass is 9.94. The Labute approximate surface area is 147 Å². The van der Waals surface area contributed by atoms with E-state index >= 15 is 0 Å². The number of likely N-dealkylation sites (tertiary alicyclic amines) is 1. The zero-order chi connectivity index (χ0) is 17.5. The summed E-state index contributed by atoms with van der Waals surface area (Å²) in [4.78, 5) is 16.8. The summed E-state index contributed by atoms with van der Waals surface area (Å²) in [5, 5.41) is 0. The molecule has 2 rings (SSSR count). The highest BCUT2D eigenvalue weighted by Crippen LogP contribution is 2.20. The minimum atomic E-state index is -0.355. The highest BCUT2D eigenvalue weighted by atomic mass is 16.2. The topological polar surface area (TPSA) is 49.6 Å². The predicted molar refractivity (Wildman–Crippen MR) is 99.5 cm³/mol. The molecule has 1 fully saturated rings. The molecule has 0 aliphatic carbocycles. The minimum absolute atomic E-state index is 0.125. The SMILES string of the molecule is CCN(Cc1ccccc1)CC1CCN(C(=O)C(N)C(C)C)CC1. The number of nitrogens with two attached hydrogens (primary N) is 1. The normalized spacial score (nSPS) is 17.5. The first kappa shape index (κ1) is 18.9. The van der Waals surface area contributed by atoms with Crippen molar-refractivity contribution in [2.75, 3.05) is 26.2 Å². The Balaban J connectivity index is 1.80. The van der Waals surface area contributed by atoms with E-state index in [9.17, 15) is 4.79 Å². The largest absolute Gasteiger partial charge is 0.341 e. The van der Waals surface area contributed by atoms with E-state index in [1.165, 1.54) is 5.56 Å². The van der Waals surface area contributed by atoms with Gasteiger partial charge in [-0.05, 0) is 36.8 Å². The average Bonchev–Trinajstić information content (AvgIpc) is 2.61. The Hall–Kier alpha value is -1.39. The molecule has 0 radical (unpaired) electrons. The molecule has 0 saturated carbocycles. The zero-order valence-corrected chi connectivity index (χ0v) is 15.4. The molecule has 1 aliphatic rings. The van der Waals surface area contributed by atoms with Crippen LogP contribution in [0.1, 0.15) is 39.2 Å². The van der Waals surface area contributed by atoms with Gasteiger partial charge in [-0.2, -0.15) is 0 Å². The van der Waals surface area contributed by atoms with Gasteiger partial charge in [0, 0.05) is 26.2 Å². The number of carbonyl (C=O) groups is 1. The van der Waals surface area contributed by atoms with E-state index in [1.807, 2.05) is 18.7 Å². The van der Waals surface area contributed by atoms with Crippen molar-refractivity contribution < 1.29 is 4.79 Å². The van der Waals surface area contributed by atoms with Gasteiger partial charge in [-0.1, -0.05) is 51.1 Å². The third kappa shape index (κ3) is 5.32. The van der Waals surface area contributed by atoms with E-state index in [1.54, 1.807) is 0 Å². The van der Waals surface area contributed by atoms with Crippen molar-refractivity contribution in [3.63, 3.8) is 0 Å². The van der Waals surface area contributed by atoms with Gasteiger partial charge >= 0.3 is 0 Å². The van der Waals surface area contributed by atoms with E-state index < -0.39 is 0 Å². The van der Waals surface area contributed by atoms with Crippen LogP contribution >= 0.6 is 0 Å². The van der Waals surface area contributed by atoms with E-state index in [0.29, 0.717) is 5.92 Å². The molecule has 1 atom stereocenters. The van der Waals surface area contributed by atoms with Crippen LogP contribution < -0.4 is 5.73 Å². The number of hydrogen-bond acceptors (Lipinski definition) is 3. The summed E-state index contributed by atoms with van der Waals surface area (Å²) < 4.78 is 0. The summed E-state index contributed by atoms with van der Waals surface area (Å²) >= 11 is 0. The zero-order valence-electron chi connectivity index (χ0n) is 15.4. The maximum absolute atomic E-state index is 12.4. The van der Waals surface area contributed by atoms with Crippen LogP contribution in [-0.4, -0.2) is 47.9 Å². The summed E-state index contributed by atoms with van der Waals surface area (Å²) in [6.07, 6.45) is 2.17. The fourth-order valence-corrected chi connectivity index (χ4v) is 3.34. The molecule has 1 saturated heterocycles. The van der Waals surface area contributed by atoms with Crippen LogP contribution in [0.2, 0.25) is 0 Å². The van der Waals surface area contributed by atoms with Crippen LogP contribution in [0.5, 0.6) is 0 Å². The first-order chi connectivity index (χ1) is 11.5. The third-order valence-corrected chi connectivity index (χ3v) is 5.14. The maximum Gasteiger partial charge on any atom is 0.239 e. The first-order valence-corrected chi connectivity index (χ1v) is 9.32. The van der Waals surface area contributed by atoms with Crippen LogP contribution in [0.3, 0.4) is 0 Å². The number of nitrogens with zero attached hydrogens (tertiary/aromatic N) is 2. The Morgan fingerprint density at radius 1 is 1.25 bits per heavy atom. The molecule has 1 unspecified atom stereocenters. The lowest BCUT2D eigenvalue weighted by Crippen LogP contribution is -2.50.